The van der Waals surface area contributed by atoms with Crippen LogP contribution in [0.1, 0.15) is 31.4 Å². The zero-order valence-corrected chi connectivity index (χ0v) is 9.77. The fourth-order valence-electron chi connectivity index (χ4n) is 1.57. The van der Waals surface area contributed by atoms with Crippen LogP contribution in [0.25, 0.3) is 0 Å². The molecule has 0 aromatic heterocycles. The topological polar surface area (TPSA) is 58.2 Å². The molecule has 0 aliphatic heterocycles. The van der Waals surface area contributed by atoms with E-state index in [4.69, 9.17) is 0 Å². The second kappa shape index (κ2) is 4.99. The molecule has 1 fully saturated rings. The van der Waals surface area contributed by atoms with E-state index in [9.17, 15) is 9.59 Å². The van der Waals surface area contributed by atoms with Crippen LogP contribution >= 0.6 is 0 Å². The highest BCUT2D eigenvalue weighted by Crippen LogP contribution is 2.18. The molecule has 0 heterocycles. The molecule has 1 unspecified atom stereocenters. The van der Waals surface area contributed by atoms with Gasteiger partial charge in [0, 0.05) is 6.04 Å². The average Bonchev–Trinajstić information content (AvgIpc) is 3.14. The average molecular weight is 232 g/mol. The molecule has 2 amide bonds. The fourth-order valence-corrected chi connectivity index (χ4v) is 1.57. The van der Waals surface area contributed by atoms with Gasteiger partial charge in [0.15, 0.2) is 0 Å². The summed E-state index contributed by atoms with van der Waals surface area (Å²) < 4.78 is 0. The Morgan fingerprint density at radius 2 is 1.82 bits per heavy atom. The van der Waals surface area contributed by atoms with E-state index in [1.54, 1.807) is 0 Å². The maximum atomic E-state index is 11.6. The monoisotopic (exact) mass is 232 g/mol. The first-order chi connectivity index (χ1) is 8.16. The van der Waals surface area contributed by atoms with Crippen LogP contribution < -0.4 is 10.6 Å². The summed E-state index contributed by atoms with van der Waals surface area (Å²) in [7, 11) is 0. The predicted octanol–water partition coefficient (Wildman–Crippen LogP) is 1.14. The van der Waals surface area contributed by atoms with Gasteiger partial charge < -0.3 is 10.6 Å². The van der Waals surface area contributed by atoms with Crippen molar-refractivity contribution in [1.82, 2.24) is 10.6 Å². The normalized spacial score (nSPS) is 16.1. The zero-order chi connectivity index (χ0) is 12.3. The summed E-state index contributed by atoms with van der Waals surface area (Å²) in [5, 5.41) is 5.34. The third kappa shape index (κ3) is 3.31. The van der Waals surface area contributed by atoms with E-state index >= 15 is 0 Å². The highest BCUT2D eigenvalue weighted by atomic mass is 16.2. The molecule has 1 atom stereocenters. The first kappa shape index (κ1) is 11.6. The van der Waals surface area contributed by atoms with Crippen molar-refractivity contribution < 1.29 is 9.59 Å². The molecule has 4 nitrogen and oxygen atoms in total. The van der Waals surface area contributed by atoms with Crippen molar-refractivity contribution in [2.75, 3.05) is 0 Å². The van der Waals surface area contributed by atoms with Crippen LogP contribution in [-0.4, -0.2) is 17.9 Å². The van der Waals surface area contributed by atoms with Crippen molar-refractivity contribution >= 4 is 11.8 Å². The molecule has 17 heavy (non-hydrogen) atoms. The van der Waals surface area contributed by atoms with Gasteiger partial charge in [0.25, 0.3) is 0 Å². The van der Waals surface area contributed by atoms with Crippen LogP contribution in [0, 0.1) is 0 Å². The third-order valence-corrected chi connectivity index (χ3v) is 2.77. The summed E-state index contributed by atoms with van der Waals surface area (Å²) in [5.74, 6) is -1.09. The first-order valence-corrected chi connectivity index (χ1v) is 5.83. The van der Waals surface area contributed by atoms with Gasteiger partial charge in [-0.15, -0.1) is 0 Å². The first-order valence-electron chi connectivity index (χ1n) is 5.83. The van der Waals surface area contributed by atoms with E-state index in [1.165, 1.54) is 0 Å². The summed E-state index contributed by atoms with van der Waals surface area (Å²) in [6, 6.07) is 9.62. The number of carbonyl (C=O) groups excluding carboxylic acids is 2. The van der Waals surface area contributed by atoms with Gasteiger partial charge in [0.05, 0.1) is 6.04 Å². The Kier molecular flexibility index (Phi) is 3.42. The number of hydrogen-bond acceptors (Lipinski definition) is 2. The molecule has 2 N–H and O–H groups in total. The molecule has 90 valence electrons. The lowest BCUT2D eigenvalue weighted by Gasteiger charge is -2.13. The van der Waals surface area contributed by atoms with Crippen LogP contribution in [0.5, 0.6) is 0 Å². The molecule has 4 heteroatoms. The maximum absolute atomic E-state index is 11.6. The Bertz CT molecular complexity index is 413. The molecular formula is C13H16N2O2. The van der Waals surface area contributed by atoms with Crippen molar-refractivity contribution in [2.45, 2.75) is 31.8 Å². The van der Waals surface area contributed by atoms with Gasteiger partial charge >= 0.3 is 11.8 Å². The van der Waals surface area contributed by atoms with Gasteiger partial charge in [-0.3, -0.25) is 9.59 Å². The largest absolute Gasteiger partial charge is 0.345 e. The van der Waals surface area contributed by atoms with E-state index in [0.717, 1.165) is 18.4 Å². The van der Waals surface area contributed by atoms with Crippen molar-refractivity contribution in [3.05, 3.63) is 35.9 Å². The molecule has 0 bridgehead atoms. The lowest BCUT2D eigenvalue weighted by atomic mass is 10.1. The van der Waals surface area contributed by atoms with E-state index < -0.39 is 11.8 Å². The quantitative estimate of drug-likeness (QED) is 0.768. The van der Waals surface area contributed by atoms with Crippen molar-refractivity contribution in [1.29, 1.82) is 0 Å². The van der Waals surface area contributed by atoms with Gasteiger partial charge in [0.2, 0.25) is 0 Å². The fraction of sp³-hybridized carbons (Fsp3) is 0.385. The minimum Gasteiger partial charge on any atom is -0.345 e. The molecule has 0 radical (unpaired) electrons. The summed E-state index contributed by atoms with van der Waals surface area (Å²) in [6.07, 6.45) is 1.96. The van der Waals surface area contributed by atoms with E-state index in [2.05, 4.69) is 10.6 Å². The SMILES string of the molecule is CC(NC(=O)C(=O)NC1CC1)c1ccccc1. The van der Waals surface area contributed by atoms with Crippen LogP contribution in [0.2, 0.25) is 0 Å². The van der Waals surface area contributed by atoms with Crippen LogP contribution in [0.3, 0.4) is 0 Å². The summed E-state index contributed by atoms with van der Waals surface area (Å²) in [5.41, 5.74) is 0.986. The summed E-state index contributed by atoms with van der Waals surface area (Å²) in [6.45, 7) is 1.86. The predicted molar refractivity (Wildman–Crippen MR) is 64.2 cm³/mol. The Morgan fingerprint density at radius 1 is 1.18 bits per heavy atom. The molecule has 1 aliphatic rings. The lowest BCUT2D eigenvalue weighted by molar-refractivity contribution is -0.139. The number of amides is 2. The van der Waals surface area contributed by atoms with Crippen molar-refractivity contribution in [3.8, 4) is 0 Å². The van der Waals surface area contributed by atoms with Gasteiger partial charge in [-0.05, 0) is 25.3 Å². The third-order valence-electron chi connectivity index (χ3n) is 2.77. The van der Waals surface area contributed by atoms with Gasteiger partial charge in [0.1, 0.15) is 0 Å². The molecule has 2 rings (SSSR count). The van der Waals surface area contributed by atoms with Crippen LogP contribution in [0.15, 0.2) is 30.3 Å². The number of hydrogen-bond donors (Lipinski definition) is 2. The molecule has 0 spiro atoms. The minimum absolute atomic E-state index is 0.159. The summed E-state index contributed by atoms with van der Waals surface area (Å²) >= 11 is 0. The Balaban J connectivity index is 1.87. The number of rotatable bonds is 3. The second-order valence-corrected chi connectivity index (χ2v) is 4.35. The number of benzene rings is 1. The molecule has 1 aliphatic carbocycles. The Morgan fingerprint density at radius 3 is 2.41 bits per heavy atom. The van der Waals surface area contributed by atoms with E-state index in [0.29, 0.717) is 0 Å². The van der Waals surface area contributed by atoms with Gasteiger partial charge in [-0.1, -0.05) is 30.3 Å². The Labute approximate surface area is 100 Å². The molecule has 1 saturated carbocycles. The van der Waals surface area contributed by atoms with E-state index in [1.807, 2.05) is 37.3 Å². The maximum Gasteiger partial charge on any atom is 0.309 e. The minimum atomic E-state index is -0.562. The van der Waals surface area contributed by atoms with Gasteiger partial charge in [-0.2, -0.15) is 0 Å². The smallest absolute Gasteiger partial charge is 0.309 e. The number of carbonyl (C=O) groups is 2. The van der Waals surface area contributed by atoms with Gasteiger partial charge in [-0.25, -0.2) is 0 Å². The standard InChI is InChI=1S/C13H16N2O2/c1-9(10-5-3-2-4-6-10)14-12(16)13(17)15-11-7-8-11/h2-6,9,11H,7-8H2,1H3,(H,14,16)(H,15,17). The summed E-state index contributed by atoms with van der Waals surface area (Å²) in [4.78, 5) is 23.0. The van der Waals surface area contributed by atoms with Crippen LogP contribution in [-0.2, 0) is 9.59 Å². The molecule has 1 aromatic carbocycles. The van der Waals surface area contributed by atoms with Crippen molar-refractivity contribution in [3.63, 3.8) is 0 Å². The Hall–Kier alpha value is -1.84. The van der Waals surface area contributed by atoms with Crippen LogP contribution in [0.4, 0.5) is 0 Å². The number of nitrogens with one attached hydrogen (secondary N) is 2. The zero-order valence-electron chi connectivity index (χ0n) is 9.77. The highest BCUT2D eigenvalue weighted by Gasteiger charge is 2.26. The molecular weight excluding hydrogens is 216 g/mol. The molecule has 0 saturated heterocycles. The lowest BCUT2D eigenvalue weighted by Crippen LogP contribution is -2.41. The second-order valence-electron chi connectivity index (χ2n) is 4.35. The highest BCUT2D eigenvalue weighted by molar-refractivity contribution is 6.35. The van der Waals surface area contributed by atoms with Crippen molar-refractivity contribution in [2.24, 2.45) is 0 Å². The van der Waals surface area contributed by atoms with E-state index in [-0.39, 0.29) is 12.1 Å². The molecule has 1 aromatic rings.